The van der Waals surface area contributed by atoms with E-state index in [1.54, 1.807) is 0 Å². The van der Waals surface area contributed by atoms with Crippen molar-refractivity contribution in [2.45, 2.75) is 11.8 Å². The molecule has 1 aromatic carbocycles. The van der Waals surface area contributed by atoms with E-state index in [4.69, 9.17) is 16.3 Å². The number of carbonyl (C=O) groups excluding carboxylic acids is 2. The van der Waals surface area contributed by atoms with E-state index >= 15 is 0 Å². The summed E-state index contributed by atoms with van der Waals surface area (Å²) in [5, 5.41) is 0.0521. The molecule has 110 valence electrons. The Bertz CT molecular complexity index is 639. The number of esters is 1. The summed E-state index contributed by atoms with van der Waals surface area (Å²) in [4.78, 5) is 22.4. The number of hydrogen-bond acceptors (Lipinski definition) is 5. The van der Waals surface area contributed by atoms with E-state index in [1.165, 1.54) is 33.2 Å². The number of benzene rings is 1. The molecule has 0 radical (unpaired) electrons. The summed E-state index contributed by atoms with van der Waals surface area (Å²) in [6.45, 7) is 0.877. The van der Waals surface area contributed by atoms with Crippen LogP contribution < -0.4 is 0 Å². The maximum atomic E-state index is 12.0. The van der Waals surface area contributed by atoms with Gasteiger partial charge in [-0.1, -0.05) is 11.6 Å². The number of rotatable bonds is 5. The van der Waals surface area contributed by atoms with Gasteiger partial charge >= 0.3 is 5.97 Å². The number of nitrogens with zero attached hydrogens (tertiary/aromatic N) is 1. The second-order valence-corrected chi connectivity index (χ2v) is 6.77. The average molecular weight is 320 g/mol. The number of ether oxygens (including phenoxy) is 1. The van der Waals surface area contributed by atoms with E-state index in [0.717, 1.165) is 10.4 Å². The fourth-order valence-corrected chi connectivity index (χ4v) is 2.40. The summed E-state index contributed by atoms with van der Waals surface area (Å²) in [5.41, 5.74) is -0.101. The van der Waals surface area contributed by atoms with Crippen LogP contribution in [0.3, 0.4) is 0 Å². The van der Waals surface area contributed by atoms with Crippen LogP contribution in [0, 0.1) is 0 Å². The third-order valence-electron chi connectivity index (χ3n) is 2.34. The second-order valence-electron chi connectivity index (χ2n) is 4.21. The number of halogens is 1. The minimum Gasteiger partial charge on any atom is -0.454 e. The van der Waals surface area contributed by atoms with Gasteiger partial charge in [0, 0.05) is 14.1 Å². The molecule has 20 heavy (non-hydrogen) atoms. The Labute approximate surface area is 122 Å². The van der Waals surface area contributed by atoms with Gasteiger partial charge in [-0.25, -0.2) is 17.5 Å². The van der Waals surface area contributed by atoms with Gasteiger partial charge in [-0.2, -0.15) is 0 Å². The maximum absolute atomic E-state index is 12.0. The van der Waals surface area contributed by atoms with E-state index in [9.17, 15) is 18.0 Å². The Morgan fingerprint density at radius 1 is 1.30 bits per heavy atom. The Morgan fingerprint density at radius 3 is 2.40 bits per heavy atom. The average Bonchev–Trinajstić information content (AvgIpc) is 2.35. The second kappa shape index (κ2) is 6.34. The molecule has 0 heterocycles. The van der Waals surface area contributed by atoms with Gasteiger partial charge in [0.05, 0.1) is 15.5 Å². The lowest BCUT2D eigenvalue weighted by molar-refractivity contribution is -0.120. The predicted molar refractivity (Wildman–Crippen MR) is 73.3 cm³/mol. The summed E-state index contributed by atoms with van der Waals surface area (Å²) in [5.74, 6) is -1.17. The topological polar surface area (TPSA) is 80.8 Å². The Balaban J connectivity index is 3.16. The van der Waals surface area contributed by atoms with Gasteiger partial charge in [-0.05, 0) is 25.1 Å². The first-order chi connectivity index (χ1) is 9.16. The van der Waals surface area contributed by atoms with Gasteiger partial charge in [0.1, 0.15) is 6.61 Å². The molecule has 0 atom stereocenters. The highest BCUT2D eigenvalue weighted by Gasteiger charge is 2.21. The zero-order chi connectivity index (χ0) is 15.5. The molecule has 8 heteroatoms. The highest BCUT2D eigenvalue weighted by molar-refractivity contribution is 7.89. The van der Waals surface area contributed by atoms with E-state index in [1.807, 2.05) is 0 Å². The first kappa shape index (κ1) is 16.6. The lowest BCUT2D eigenvalue weighted by Gasteiger charge is -2.12. The summed E-state index contributed by atoms with van der Waals surface area (Å²) >= 11 is 5.84. The molecular weight excluding hydrogens is 306 g/mol. The van der Waals surface area contributed by atoms with Crippen molar-refractivity contribution in [3.8, 4) is 0 Å². The molecule has 0 aliphatic rings. The lowest BCUT2D eigenvalue weighted by Crippen LogP contribution is -2.22. The molecule has 1 aromatic rings. The van der Waals surface area contributed by atoms with Gasteiger partial charge in [-0.15, -0.1) is 0 Å². The van der Waals surface area contributed by atoms with E-state index < -0.39 is 16.0 Å². The molecule has 0 saturated carbocycles. The van der Waals surface area contributed by atoms with Crippen molar-refractivity contribution in [3.05, 3.63) is 28.8 Å². The van der Waals surface area contributed by atoms with Crippen LogP contribution in [0.1, 0.15) is 17.3 Å². The molecule has 0 N–H and O–H groups in total. The van der Waals surface area contributed by atoms with Gasteiger partial charge in [0.25, 0.3) is 0 Å². The van der Waals surface area contributed by atoms with Crippen molar-refractivity contribution in [2.75, 3.05) is 20.7 Å². The summed E-state index contributed by atoms with van der Waals surface area (Å²) in [7, 11) is -0.936. The van der Waals surface area contributed by atoms with Crippen molar-refractivity contribution < 1.29 is 22.7 Å². The highest BCUT2D eigenvalue weighted by Crippen LogP contribution is 2.22. The first-order valence-electron chi connectivity index (χ1n) is 5.55. The molecule has 0 amide bonds. The summed E-state index contributed by atoms with van der Waals surface area (Å²) < 4.78 is 29.7. The quantitative estimate of drug-likeness (QED) is 0.765. The molecule has 6 nitrogen and oxygen atoms in total. The van der Waals surface area contributed by atoms with Crippen molar-refractivity contribution in [1.29, 1.82) is 0 Å². The van der Waals surface area contributed by atoms with Crippen molar-refractivity contribution in [1.82, 2.24) is 4.31 Å². The number of hydrogen-bond donors (Lipinski definition) is 0. The number of sulfonamides is 1. The van der Waals surface area contributed by atoms with Crippen LogP contribution in [0.25, 0.3) is 0 Å². The fraction of sp³-hybridized carbons (Fsp3) is 0.333. The van der Waals surface area contributed by atoms with Crippen LogP contribution in [-0.2, 0) is 19.6 Å². The zero-order valence-electron chi connectivity index (χ0n) is 11.2. The van der Waals surface area contributed by atoms with Crippen molar-refractivity contribution in [2.24, 2.45) is 0 Å². The predicted octanol–water partition coefficient (Wildman–Crippen LogP) is 1.34. The van der Waals surface area contributed by atoms with Gasteiger partial charge < -0.3 is 4.74 Å². The minimum atomic E-state index is -3.68. The number of ketones is 1. The largest absolute Gasteiger partial charge is 0.454 e. The van der Waals surface area contributed by atoms with E-state index in [-0.39, 0.29) is 27.9 Å². The molecule has 0 spiro atoms. The van der Waals surface area contributed by atoms with E-state index in [0.29, 0.717) is 0 Å². The first-order valence-corrected chi connectivity index (χ1v) is 7.36. The molecule has 0 saturated heterocycles. The normalized spacial score (nSPS) is 11.4. The maximum Gasteiger partial charge on any atom is 0.340 e. The molecular formula is C12H14ClNO5S. The standard InChI is InChI=1S/C12H14ClNO5S/c1-8(15)7-19-12(16)10-6-9(4-5-11(10)13)20(17,18)14(2)3/h4-6H,7H2,1-3H3. The van der Waals surface area contributed by atoms with Crippen LogP contribution >= 0.6 is 11.6 Å². The number of carbonyl (C=O) groups is 2. The molecule has 0 bridgehead atoms. The third-order valence-corrected chi connectivity index (χ3v) is 4.48. The molecule has 1 rings (SSSR count). The van der Waals surface area contributed by atoms with Crippen molar-refractivity contribution >= 4 is 33.4 Å². The molecule has 0 unspecified atom stereocenters. The van der Waals surface area contributed by atoms with Gasteiger partial charge in [0.2, 0.25) is 10.0 Å². The van der Waals surface area contributed by atoms with Crippen LogP contribution in [0.4, 0.5) is 0 Å². The lowest BCUT2D eigenvalue weighted by atomic mass is 10.2. The SMILES string of the molecule is CC(=O)COC(=O)c1cc(S(=O)(=O)N(C)C)ccc1Cl. The number of Topliss-reactive ketones (excluding diaryl/α,β-unsaturated/α-hetero) is 1. The molecule has 0 aromatic heterocycles. The fourth-order valence-electron chi connectivity index (χ4n) is 1.28. The molecule has 0 aliphatic carbocycles. The third kappa shape index (κ3) is 3.78. The van der Waals surface area contributed by atoms with Crippen LogP contribution in [0.2, 0.25) is 5.02 Å². The highest BCUT2D eigenvalue weighted by atomic mass is 35.5. The zero-order valence-corrected chi connectivity index (χ0v) is 12.8. The molecule has 0 aliphatic heterocycles. The minimum absolute atomic E-state index is 0.0521. The van der Waals surface area contributed by atoms with Crippen LogP contribution in [-0.4, -0.2) is 45.2 Å². The van der Waals surface area contributed by atoms with E-state index in [2.05, 4.69) is 0 Å². The van der Waals surface area contributed by atoms with Gasteiger partial charge in [0.15, 0.2) is 5.78 Å². The Kier molecular flexibility index (Phi) is 5.27. The smallest absolute Gasteiger partial charge is 0.340 e. The molecule has 0 fully saturated rings. The Hall–Kier alpha value is -1.44. The van der Waals surface area contributed by atoms with Crippen LogP contribution in [0.5, 0.6) is 0 Å². The van der Waals surface area contributed by atoms with Gasteiger partial charge in [-0.3, -0.25) is 4.79 Å². The summed E-state index contributed by atoms with van der Waals surface area (Å²) in [6.07, 6.45) is 0. The van der Waals surface area contributed by atoms with Crippen molar-refractivity contribution in [3.63, 3.8) is 0 Å². The Morgan fingerprint density at radius 2 is 1.90 bits per heavy atom. The summed E-state index contributed by atoms with van der Waals surface area (Å²) in [6, 6.07) is 3.71. The van der Waals surface area contributed by atoms with Crippen LogP contribution in [0.15, 0.2) is 23.1 Å². The monoisotopic (exact) mass is 319 g/mol.